The van der Waals surface area contributed by atoms with Gasteiger partial charge in [0.2, 0.25) is 0 Å². The van der Waals surface area contributed by atoms with E-state index in [9.17, 15) is 4.39 Å². The van der Waals surface area contributed by atoms with E-state index in [-0.39, 0.29) is 5.02 Å². The fourth-order valence-electron chi connectivity index (χ4n) is 1.72. The minimum Gasteiger partial charge on any atom is -0.490 e. The smallest absolute Gasteiger partial charge is 0.161 e. The van der Waals surface area contributed by atoms with Crippen LogP contribution in [-0.4, -0.2) is 19.8 Å². The first-order valence-corrected chi connectivity index (χ1v) is 7.01. The van der Waals surface area contributed by atoms with E-state index in [0.29, 0.717) is 37.1 Å². The Hall–Kier alpha value is -1.94. The summed E-state index contributed by atoms with van der Waals surface area (Å²) in [6.07, 6.45) is 0. The first kappa shape index (κ1) is 15.4. The monoisotopic (exact) mass is 310 g/mol. The van der Waals surface area contributed by atoms with Crippen molar-refractivity contribution in [2.75, 3.05) is 19.8 Å². The fourth-order valence-corrected chi connectivity index (χ4v) is 1.84. The van der Waals surface area contributed by atoms with E-state index in [2.05, 4.69) is 0 Å². The molecule has 0 saturated heterocycles. The molecule has 0 spiro atoms. The molecule has 0 aliphatic carbocycles. The maximum atomic E-state index is 13.2. The molecule has 2 aromatic carbocycles. The Morgan fingerprint density at radius 1 is 0.952 bits per heavy atom. The second-order valence-electron chi connectivity index (χ2n) is 4.15. The van der Waals surface area contributed by atoms with E-state index in [4.69, 9.17) is 25.8 Å². The first-order chi connectivity index (χ1) is 10.2. The van der Waals surface area contributed by atoms with Crippen molar-refractivity contribution in [2.45, 2.75) is 6.92 Å². The van der Waals surface area contributed by atoms with Crippen molar-refractivity contribution in [3.8, 4) is 17.2 Å². The molecule has 5 heteroatoms. The summed E-state index contributed by atoms with van der Waals surface area (Å²) in [7, 11) is 0. The van der Waals surface area contributed by atoms with Gasteiger partial charge in [0.05, 0.1) is 11.6 Å². The molecule has 0 fully saturated rings. The highest BCUT2D eigenvalue weighted by Gasteiger charge is 2.04. The quantitative estimate of drug-likeness (QED) is 0.712. The normalized spacial score (nSPS) is 10.2. The van der Waals surface area contributed by atoms with Crippen LogP contribution in [0.3, 0.4) is 0 Å². The zero-order valence-electron chi connectivity index (χ0n) is 11.6. The first-order valence-electron chi connectivity index (χ1n) is 6.63. The van der Waals surface area contributed by atoms with Crippen molar-refractivity contribution in [3.05, 3.63) is 53.3 Å². The van der Waals surface area contributed by atoms with Gasteiger partial charge in [-0.25, -0.2) is 4.39 Å². The predicted octanol–water partition coefficient (Wildman–Crippen LogP) is 4.34. The average molecular weight is 311 g/mol. The fraction of sp³-hybridized carbons (Fsp3) is 0.250. The van der Waals surface area contributed by atoms with Crippen LogP contribution < -0.4 is 14.2 Å². The van der Waals surface area contributed by atoms with Gasteiger partial charge in [-0.15, -0.1) is 0 Å². The summed E-state index contributed by atoms with van der Waals surface area (Å²) in [4.78, 5) is 0. The van der Waals surface area contributed by atoms with E-state index in [0.717, 1.165) is 0 Å². The molecule has 21 heavy (non-hydrogen) atoms. The third-order valence-electron chi connectivity index (χ3n) is 2.65. The molecule has 0 bridgehead atoms. The maximum absolute atomic E-state index is 13.2. The molecule has 0 radical (unpaired) electrons. The van der Waals surface area contributed by atoms with E-state index >= 15 is 0 Å². The zero-order chi connectivity index (χ0) is 15.1. The summed E-state index contributed by atoms with van der Waals surface area (Å²) < 4.78 is 29.7. The summed E-state index contributed by atoms with van der Waals surface area (Å²) in [6, 6.07) is 11.7. The van der Waals surface area contributed by atoms with Crippen LogP contribution in [-0.2, 0) is 0 Å². The molecule has 0 aliphatic heterocycles. The number of rotatable bonds is 7. The SMILES string of the molecule is CCOc1ccccc1OCCOc1ccc(Cl)c(F)c1. The van der Waals surface area contributed by atoms with Crippen LogP contribution in [0.5, 0.6) is 17.2 Å². The van der Waals surface area contributed by atoms with Crippen molar-refractivity contribution < 1.29 is 18.6 Å². The van der Waals surface area contributed by atoms with Gasteiger partial charge in [-0.3, -0.25) is 0 Å². The lowest BCUT2D eigenvalue weighted by Crippen LogP contribution is -2.10. The molecule has 0 amide bonds. The molecule has 112 valence electrons. The predicted molar refractivity (Wildman–Crippen MR) is 80.0 cm³/mol. The third kappa shape index (κ3) is 4.53. The maximum Gasteiger partial charge on any atom is 0.161 e. The van der Waals surface area contributed by atoms with Crippen molar-refractivity contribution >= 4 is 11.6 Å². The Kier molecular flexibility index (Phi) is 5.69. The topological polar surface area (TPSA) is 27.7 Å². The van der Waals surface area contributed by atoms with Crippen LogP contribution >= 0.6 is 11.6 Å². The van der Waals surface area contributed by atoms with Crippen LogP contribution in [0.1, 0.15) is 6.92 Å². The molecule has 0 unspecified atom stereocenters. The lowest BCUT2D eigenvalue weighted by atomic mass is 10.3. The summed E-state index contributed by atoms with van der Waals surface area (Å²) >= 11 is 5.60. The highest BCUT2D eigenvalue weighted by atomic mass is 35.5. The third-order valence-corrected chi connectivity index (χ3v) is 2.96. The molecule has 0 atom stereocenters. The number of hydrogen-bond donors (Lipinski definition) is 0. The molecule has 0 saturated carbocycles. The van der Waals surface area contributed by atoms with Crippen LogP contribution in [0.4, 0.5) is 4.39 Å². The summed E-state index contributed by atoms with van der Waals surface area (Å²) in [5, 5.41) is 0.0734. The van der Waals surface area contributed by atoms with Gasteiger partial charge in [-0.1, -0.05) is 23.7 Å². The Balaban J connectivity index is 1.83. The van der Waals surface area contributed by atoms with E-state index in [1.54, 1.807) is 6.07 Å². The Labute approximate surface area is 128 Å². The number of ether oxygens (including phenoxy) is 3. The molecule has 0 aliphatic rings. The van der Waals surface area contributed by atoms with Gasteiger partial charge in [0, 0.05) is 6.07 Å². The van der Waals surface area contributed by atoms with E-state index in [1.165, 1.54) is 12.1 Å². The van der Waals surface area contributed by atoms with Gasteiger partial charge >= 0.3 is 0 Å². The molecule has 3 nitrogen and oxygen atoms in total. The van der Waals surface area contributed by atoms with Gasteiger partial charge in [-0.05, 0) is 31.2 Å². The van der Waals surface area contributed by atoms with Gasteiger partial charge in [0.25, 0.3) is 0 Å². The van der Waals surface area contributed by atoms with Crippen molar-refractivity contribution in [1.82, 2.24) is 0 Å². The lowest BCUT2D eigenvalue weighted by molar-refractivity contribution is 0.208. The number of halogens is 2. The molecule has 0 aromatic heterocycles. The minimum absolute atomic E-state index is 0.0734. The van der Waals surface area contributed by atoms with Gasteiger partial charge < -0.3 is 14.2 Å². The van der Waals surface area contributed by atoms with Crippen LogP contribution in [0.15, 0.2) is 42.5 Å². The lowest BCUT2D eigenvalue weighted by Gasteiger charge is -2.12. The second kappa shape index (κ2) is 7.74. The molecule has 2 rings (SSSR count). The van der Waals surface area contributed by atoms with E-state index < -0.39 is 5.82 Å². The molecular weight excluding hydrogens is 295 g/mol. The highest BCUT2D eigenvalue weighted by Crippen LogP contribution is 2.26. The highest BCUT2D eigenvalue weighted by molar-refractivity contribution is 6.30. The van der Waals surface area contributed by atoms with Crippen LogP contribution in [0.2, 0.25) is 5.02 Å². The van der Waals surface area contributed by atoms with Crippen LogP contribution in [0, 0.1) is 5.82 Å². The number of benzene rings is 2. The van der Waals surface area contributed by atoms with Gasteiger partial charge in [0.1, 0.15) is 24.8 Å². The minimum atomic E-state index is -0.503. The largest absolute Gasteiger partial charge is 0.490 e. The molecule has 0 N–H and O–H groups in total. The molecular formula is C16H16ClFO3. The molecule has 0 heterocycles. The Morgan fingerprint density at radius 3 is 2.29 bits per heavy atom. The van der Waals surface area contributed by atoms with E-state index in [1.807, 2.05) is 31.2 Å². The summed E-state index contributed by atoms with van der Waals surface area (Å²) in [6.45, 7) is 3.10. The average Bonchev–Trinajstić information content (AvgIpc) is 2.49. The molecule has 2 aromatic rings. The summed E-state index contributed by atoms with van der Waals surface area (Å²) in [5.41, 5.74) is 0. The van der Waals surface area contributed by atoms with Crippen molar-refractivity contribution in [2.24, 2.45) is 0 Å². The number of para-hydroxylation sites is 2. The van der Waals surface area contributed by atoms with Gasteiger partial charge in [-0.2, -0.15) is 0 Å². The van der Waals surface area contributed by atoms with Crippen molar-refractivity contribution in [3.63, 3.8) is 0 Å². The van der Waals surface area contributed by atoms with Crippen molar-refractivity contribution in [1.29, 1.82) is 0 Å². The Bertz CT molecular complexity index is 589. The summed E-state index contributed by atoms with van der Waals surface area (Å²) in [5.74, 6) is 1.26. The standard InChI is InChI=1S/C16H16ClFO3/c1-2-19-15-5-3-4-6-16(15)21-10-9-20-12-7-8-13(17)14(18)11-12/h3-8,11H,2,9-10H2,1H3. The zero-order valence-corrected chi connectivity index (χ0v) is 12.4. The van der Waals surface area contributed by atoms with Gasteiger partial charge in [0.15, 0.2) is 11.5 Å². The Morgan fingerprint density at radius 2 is 1.62 bits per heavy atom. The second-order valence-corrected chi connectivity index (χ2v) is 4.56. The number of hydrogen-bond acceptors (Lipinski definition) is 3. The van der Waals surface area contributed by atoms with Crippen LogP contribution in [0.25, 0.3) is 0 Å².